The van der Waals surface area contributed by atoms with Crippen LogP contribution in [0, 0.1) is 0 Å². The van der Waals surface area contributed by atoms with Crippen molar-refractivity contribution in [3.05, 3.63) is 29.0 Å². The molecule has 1 heterocycles. The van der Waals surface area contributed by atoms with Crippen molar-refractivity contribution >= 4 is 34.2 Å². The SMILES string of the molecule is CCCC(COC)n1c(CCl)nc2c(Cl)cccc21. The Kier molecular flexibility index (Phi) is 5.08. The van der Waals surface area contributed by atoms with Crippen LogP contribution in [0.25, 0.3) is 11.0 Å². The summed E-state index contributed by atoms with van der Waals surface area (Å²) in [7, 11) is 1.72. The number of fused-ring (bicyclic) bond motifs is 1. The smallest absolute Gasteiger partial charge is 0.125 e. The van der Waals surface area contributed by atoms with E-state index in [0.29, 0.717) is 17.5 Å². The van der Waals surface area contributed by atoms with Crippen molar-refractivity contribution in [3.8, 4) is 0 Å². The van der Waals surface area contributed by atoms with Gasteiger partial charge in [0.05, 0.1) is 29.1 Å². The van der Waals surface area contributed by atoms with Gasteiger partial charge in [-0.15, -0.1) is 11.6 Å². The second-order valence-corrected chi connectivity index (χ2v) is 5.21. The lowest BCUT2D eigenvalue weighted by atomic mass is 10.1. The number of halogens is 2. The van der Waals surface area contributed by atoms with Crippen LogP contribution in [-0.4, -0.2) is 23.3 Å². The van der Waals surface area contributed by atoms with E-state index in [1.807, 2.05) is 18.2 Å². The lowest BCUT2D eigenvalue weighted by molar-refractivity contribution is 0.151. The molecule has 19 heavy (non-hydrogen) atoms. The van der Waals surface area contributed by atoms with E-state index in [4.69, 9.17) is 27.9 Å². The lowest BCUT2D eigenvalue weighted by Gasteiger charge is -2.20. The number of rotatable bonds is 6. The van der Waals surface area contributed by atoms with Gasteiger partial charge in [-0.2, -0.15) is 0 Å². The van der Waals surface area contributed by atoms with E-state index in [1.54, 1.807) is 7.11 Å². The Morgan fingerprint density at radius 1 is 1.42 bits per heavy atom. The van der Waals surface area contributed by atoms with Crippen LogP contribution in [-0.2, 0) is 10.6 Å². The number of nitrogens with zero attached hydrogens (tertiary/aromatic N) is 2. The predicted octanol–water partition coefficient (Wildman–Crippen LogP) is 4.42. The summed E-state index contributed by atoms with van der Waals surface area (Å²) in [6.07, 6.45) is 2.10. The molecule has 2 aromatic rings. The molecule has 1 aromatic carbocycles. The maximum absolute atomic E-state index is 6.21. The monoisotopic (exact) mass is 300 g/mol. The van der Waals surface area contributed by atoms with E-state index in [0.717, 1.165) is 29.7 Å². The molecule has 1 unspecified atom stereocenters. The largest absolute Gasteiger partial charge is 0.383 e. The highest BCUT2D eigenvalue weighted by Crippen LogP contribution is 2.29. The minimum absolute atomic E-state index is 0.243. The van der Waals surface area contributed by atoms with Crippen LogP contribution in [0.2, 0.25) is 5.02 Å². The summed E-state index contributed by atoms with van der Waals surface area (Å²) in [6.45, 7) is 2.81. The Hall–Kier alpha value is -0.770. The predicted molar refractivity (Wildman–Crippen MR) is 80.1 cm³/mol. The molecule has 0 amide bonds. The summed E-state index contributed by atoms with van der Waals surface area (Å²) >= 11 is 12.2. The third-order valence-corrected chi connectivity index (χ3v) is 3.75. The Morgan fingerprint density at radius 3 is 2.84 bits per heavy atom. The molecule has 0 aliphatic rings. The molecule has 1 aromatic heterocycles. The zero-order valence-corrected chi connectivity index (χ0v) is 12.7. The summed E-state index contributed by atoms with van der Waals surface area (Å²) in [5.74, 6) is 1.22. The Balaban J connectivity index is 2.58. The molecule has 0 radical (unpaired) electrons. The number of aromatic nitrogens is 2. The highest BCUT2D eigenvalue weighted by atomic mass is 35.5. The molecule has 5 heteroatoms. The Labute approximate surface area is 123 Å². The van der Waals surface area contributed by atoms with Crippen LogP contribution in [0.15, 0.2) is 18.2 Å². The topological polar surface area (TPSA) is 27.1 Å². The molecule has 0 fully saturated rings. The fourth-order valence-corrected chi connectivity index (χ4v) is 2.85. The second kappa shape index (κ2) is 6.60. The van der Waals surface area contributed by atoms with Crippen molar-refractivity contribution in [1.82, 2.24) is 9.55 Å². The van der Waals surface area contributed by atoms with Crippen molar-refractivity contribution in [3.63, 3.8) is 0 Å². The number of imidazole rings is 1. The molecular formula is C14H18Cl2N2O. The average Bonchev–Trinajstić information content (AvgIpc) is 2.78. The first kappa shape index (κ1) is 14.6. The van der Waals surface area contributed by atoms with E-state index in [2.05, 4.69) is 16.5 Å². The molecule has 0 saturated carbocycles. The van der Waals surface area contributed by atoms with E-state index >= 15 is 0 Å². The van der Waals surface area contributed by atoms with Crippen molar-refractivity contribution in [1.29, 1.82) is 0 Å². The molecule has 2 rings (SSSR count). The van der Waals surface area contributed by atoms with Crippen molar-refractivity contribution < 1.29 is 4.74 Å². The zero-order chi connectivity index (χ0) is 13.8. The summed E-state index contributed by atoms with van der Waals surface area (Å²) in [5.41, 5.74) is 1.84. The van der Waals surface area contributed by atoms with E-state index in [9.17, 15) is 0 Å². The average molecular weight is 301 g/mol. The molecule has 0 saturated heterocycles. The molecule has 0 spiro atoms. The highest BCUT2D eigenvalue weighted by Gasteiger charge is 2.19. The van der Waals surface area contributed by atoms with Gasteiger partial charge >= 0.3 is 0 Å². The maximum Gasteiger partial charge on any atom is 0.125 e. The van der Waals surface area contributed by atoms with Gasteiger partial charge in [0.1, 0.15) is 11.3 Å². The zero-order valence-electron chi connectivity index (χ0n) is 11.2. The highest BCUT2D eigenvalue weighted by molar-refractivity contribution is 6.35. The maximum atomic E-state index is 6.21. The van der Waals surface area contributed by atoms with Crippen LogP contribution in [0.3, 0.4) is 0 Å². The van der Waals surface area contributed by atoms with E-state index in [-0.39, 0.29) is 6.04 Å². The van der Waals surface area contributed by atoms with Gasteiger partial charge in [-0.05, 0) is 18.6 Å². The second-order valence-electron chi connectivity index (χ2n) is 4.54. The number of methoxy groups -OCH3 is 1. The van der Waals surface area contributed by atoms with Crippen LogP contribution < -0.4 is 0 Å². The number of hydrogen-bond donors (Lipinski definition) is 0. The molecule has 0 bridgehead atoms. The Morgan fingerprint density at radius 2 is 2.21 bits per heavy atom. The van der Waals surface area contributed by atoms with Gasteiger partial charge in [-0.25, -0.2) is 4.98 Å². The third kappa shape index (κ3) is 2.88. The fraction of sp³-hybridized carbons (Fsp3) is 0.500. The number of hydrogen-bond acceptors (Lipinski definition) is 2. The first-order valence-corrected chi connectivity index (χ1v) is 7.34. The standard InChI is InChI=1S/C14H18Cl2N2O/c1-3-5-10(9-19-2)18-12-7-4-6-11(16)14(12)17-13(18)8-15/h4,6-7,10H,3,5,8-9H2,1-2H3. The molecule has 0 N–H and O–H groups in total. The molecule has 0 aliphatic heterocycles. The van der Waals surface area contributed by atoms with E-state index < -0.39 is 0 Å². The van der Waals surface area contributed by atoms with Crippen molar-refractivity contribution in [2.45, 2.75) is 31.7 Å². The van der Waals surface area contributed by atoms with Crippen LogP contribution in [0.4, 0.5) is 0 Å². The minimum Gasteiger partial charge on any atom is -0.383 e. The van der Waals surface area contributed by atoms with Gasteiger partial charge in [0.2, 0.25) is 0 Å². The number of ether oxygens (including phenoxy) is 1. The molecular weight excluding hydrogens is 283 g/mol. The summed E-state index contributed by atoms with van der Waals surface area (Å²) in [6, 6.07) is 6.07. The summed E-state index contributed by atoms with van der Waals surface area (Å²) < 4.78 is 7.50. The first-order chi connectivity index (χ1) is 9.22. The third-order valence-electron chi connectivity index (χ3n) is 3.21. The van der Waals surface area contributed by atoms with Gasteiger partial charge in [0, 0.05) is 7.11 Å². The molecule has 0 aliphatic carbocycles. The number of benzene rings is 1. The van der Waals surface area contributed by atoms with E-state index in [1.165, 1.54) is 0 Å². The van der Waals surface area contributed by atoms with Gasteiger partial charge in [-0.3, -0.25) is 0 Å². The normalized spacial score (nSPS) is 13.1. The van der Waals surface area contributed by atoms with Crippen molar-refractivity contribution in [2.24, 2.45) is 0 Å². The van der Waals surface area contributed by atoms with Gasteiger partial charge in [0.15, 0.2) is 0 Å². The van der Waals surface area contributed by atoms with Crippen molar-refractivity contribution in [2.75, 3.05) is 13.7 Å². The molecule has 1 atom stereocenters. The number of alkyl halides is 1. The van der Waals surface area contributed by atoms with Gasteiger partial charge < -0.3 is 9.30 Å². The molecule has 104 valence electrons. The van der Waals surface area contributed by atoms with Crippen LogP contribution >= 0.6 is 23.2 Å². The summed E-state index contributed by atoms with van der Waals surface area (Å²) in [4.78, 5) is 4.56. The van der Waals surface area contributed by atoms with Gasteiger partial charge in [-0.1, -0.05) is 31.0 Å². The number of para-hydroxylation sites is 1. The lowest BCUT2D eigenvalue weighted by Crippen LogP contribution is -2.16. The quantitative estimate of drug-likeness (QED) is 0.739. The molecule has 3 nitrogen and oxygen atoms in total. The fourth-order valence-electron chi connectivity index (χ4n) is 2.45. The van der Waals surface area contributed by atoms with Crippen LogP contribution in [0.5, 0.6) is 0 Å². The first-order valence-electron chi connectivity index (χ1n) is 6.43. The summed E-state index contributed by atoms with van der Waals surface area (Å²) in [5, 5.41) is 0.662. The Bertz CT molecular complexity index is 548. The van der Waals surface area contributed by atoms with Gasteiger partial charge in [0.25, 0.3) is 0 Å². The van der Waals surface area contributed by atoms with Crippen LogP contribution in [0.1, 0.15) is 31.6 Å². The minimum atomic E-state index is 0.243.